The Labute approximate surface area is 184 Å². The van der Waals surface area contributed by atoms with Gasteiger partial charge in [0.2, 0.25) is 0 Å². The molecule has 0 amide bonds. The van der Waals surface area contributed by atoms with Crippen LogP contribution in [0.15, 0.2) is 46.1 Å². The normalized spacial score (nSPS) is 14.1. The van der Waals surface area contributed by atoms with E-state index in [1.807, 2.05) is 49.2 Å². The van der Waals surface area contributed by atoms with Gasteiger partial charge in [0.05, 0.1) is 31.4 Å². The van der Waals surface area contributed by atoms with Crippen LogP contribution in [0.2, 0.25) is 0 Å². The molecule has 0 aliphatic rings. The summed E-state index contributed by atoms with van der Waals surface area (Å²) in [4.78, 5) is 6.99. The number of para-hydroxylation sites is 1. The van der Waals surface area contributed by atoms with Crippen molar-refractivity contribution in [1.29, 1.82) is 0 Å². The second-order valence-corrected chi connectivity index (χ2v) is 7.77. The number of rotatable bonds is 9. The molecular weight excluding hydrogens is 392 g/mol. The van der Waals surface area contributed by atoms with Crippen molar-refractivity contribution in [2.45, 2.75) is 32.9 Å². The lowest BCUT2D eigenvalue weighted by atomic mass is 10.1. The van der Waals surface area contributed by atoms with Crippen molar-refractivity contribution < 1.29 is 9.15 Å². The lowest BCUT2D eigenvalue weighted by Crippen LogP contribution is -2.39. The van der Waals surface area contributed by atoms with E-state index in [1.54, 1.807) is 0 Å². The van der Waals surface area contributed by atoms with Gasteiger partial charge in [0.25, 0.3) is 0 Å². The predicted octanol–water partition coefficient (Wildman–Crippen LogP) is 3.48. The molecule has 1 aromatic carbocycles. The first-order chi connectivity index (χ1) is 14.9. The lowest BCUT2D eigenvalue weighted by molar-refractivity contribution is 0.306. The van der Waals surface area contributed by atoms with E-state index < -0.39 is 0 Å². The second-order valence-electron chi connectivity index (χ2n) is 7.77. The maximum Gasteiger partial charge on any atom is 0.191 e. The van der Waals surface area contributed by atoms with Crippen LogP contribution in [0.1, 0.15) is 44.2 Å². The molecule has 0 spiro atoms. The number of furan rings is 1. The van der Waals surface area contributed by atoms with Crippen molar-refractivity contribution in [3.63, 3.8) is 0 Å². The Kier molecular flexibility index (Phi) is 7.57. The van der Waals surface area contributed by atoms with Crippen molar-refractivity contribution in [2.75, 3.05) is 33.8 Å². The molecule has 31 heavy (non-hydrogen) atoms. The summed E-state index contributed by atoms with van der Waals surface area (Å²) in [6, 6.07) is 8.08. The minimum absolute atomic E-state index is 0.0594. The van der Waals surface area contributed by atoms with Crippen molar-refractivity contribution in [3.8, 4) is 5.75 Å². The molecule has 2 unspecified atom stereocenters. The van der Waals surface area contributed by atoms with E-state index >= 15 is 0 Å². The van der Waals surface area contributed by atoms with Crippen LogP contribution in [0.25, 0.3) is 11.0 Å². The van der Waals surface area contributed by atoms with Crippen LogP contribution in [0.3, 0.4) is 0 Å². The first kappa shape index (κ1) is 22.7. The van der Waals surface area contributed by atoms with Gasteiger partial charge in [-0.1, -0.05) is 12.1 Å². The fourth-order valence-electron chi connectivity index (χ4n) is 3.49. The highest BCUT2D eigenvalue weighted by molar-refractivity contribution is 5.84. The molecular formula is C23H34N6O2. The van der Waals surface area contributed by atoms with E-state index in [-0.39, 0.29) is 12.1 Å². The van der Waals surface area contributed by atoms with Gasteiger partial charge in [-0.05, 0) is 47.0 Å². The lowest BCUT2D eigenvalue weighted by Gasteiger charge is -2.22. The number of likely N-dealkylation sites (N-methyl/N-ethyl adjacent to an activating group) is 1. The van der Waals surface area contributed by atoms with Gasteiger partial charge in [-0.3, -0.25) is 9.67 Å². The molecule has 0 aliphatic heterocycles. The summed E-state index contributed by atoms with van der Waals surface area (Å²) in [6.45, 7) is 8.07. The largest absolute Gasteiger partial charge is 0.490 e. The number of ether oxygens (including phenoxy) is 1. The van der Waals surface area contributed by atoms with E-state index in [1.165, 1.54) is 0 Å². The summed E-state index contributed by atoms with van der Waals surface area (Å²) in [7, 11) is 6.04. The first-order valence-corrected chi connectivity index (χ1v) is 10.8. The minimum atomic E-state index is -0.0594. The summed E-state index contributed by atoms with van der Waals surface area (Å²) >= 11 is 0. The third-order valence-electron chi connectivity index (χ3n) is 5.11. The smallest absolute Gasteiger partial charge is 0.191 e. The number of nitrogens with one attached hydrogen (secondary N) is 2. The van der Waals surface area contributed by atoms with Crippen LogP contribution in [0.4, 0.5) is 0 Å². The first-order valence-electron chi connectivity index (χ1n) is 10.8. The Morgan fingerprint density at radius 2 is 2.13 bits per heavy atom. The highest BCUT2D eigenvalue weighted by Crippen LogP contribution is 2.31. The number of hydrogen-bond acceptors (Lipinski definition) is 5. The standard InChI is InChI=1S/C23H34N6O2/c1-7-24-23(25-14-19(28(4)5)18-13-26-29(6)15-18)27-16(3)21-12-17-10-9-11-20(30-8-2)22(17)31-21/h9-13,15-16,19H,7-8,14H2,1-6H3,(H2,24,25,27). The van der Waals surface area contributed by atoms with Crippen LogP contribution in [0, 0.1) is 0 Å². The molecule has 2 atom stereocenters. The number of aryl methyl sites for hydroxylation is 1. The van der Waals surface area contributed by atoms with Gasteiger partial charge in [0.1, 0.15) is 5.76 Å². The Hall–Kier alpha value is -3.00. The van der Waals surface area contributed by atoms with Gasteiger partial charge >= 0.3 is 0 Å². The highest BCUT2D eigenvalue weighted by atomic mass is 16.5. The molecule has 8 nitrogen and oxygen atoms in total. The van der Waals surface area contributed by atoms with Gasteiger partial charge in [0.15, 0.2) is 17.3 Å². The number of hydrogen-bond donors (Lipinski definition) is 2. The molecule has 8 heteroatoms. The Morgan fingerprint density at radius 3 is 2.77 bits per heavy atom. The summed E-state index contributed by atoms with van der Waals surface area (Å²) in [5, 5.41) is 12.1. The van der Waals surface area contributed by atoms with E-state index in [9.17, 15) is 0 Å². The number of aliphatic imine (C=N–C) groups is 1. The van der Waals surface area contributed by atoms with E-state index in [2.05, 4.69) is 54.6 Å². The van der Waals surface area contributed by atoms with Gasteiger partial charge in [-0.25, -0.2) is 0 Å². The number of aromatic nitrogens is 2. The van der Waals surface area contributed by atoms with Crippen LogP contribution in [-0.2, 0) is 7.05 Å². The maximum atomic E-state index is 6.14. The molecule has 3 aromatic rings. The van der Waals surface area contributed by atoms with Crippen LogP contribution >= 0.6 is 0 Å². The molecule has 168 valence electrons. The second kappa shape index (κ2) is 10.3. The molecule has 3 rings (SSSR count). The van der Waals surface area contributed by atoms with Crippen LogP contribution in [0.5, 0.6) is 5.75 Å². The molecule has 2 heterocycles. The zero-order valence-corrected chi connectivity index (χ0v) is 19.3. The van der Waals surface area contributed by atoms with Gasteiger partial charge in [-0.15, -0.1) is 0 Å². The summed E-state index contributed by atoms with van der Waals surface area (Å²) in [6.07, 6.45) is 3.93. The highest BCUT2D eigenvalue weighted by Gasteiger charge is 2.18. The molecule has 0 saturated carbocycles. The number of guanidine groups is 1. The third kappa shape index (κ3) is 5.58. The molecule has 0 saturated heterocycles. The fraction of sp³-hybridized carbons (Fsp3) is 0.478. The zero-order chi connectivity index (χ0) is 22.4. The Balaban J connectivity index is 1.77. The monoisotopic (exact) mass is 426 g/mol. The predicted molar refractivity (Wildman–Crippen MR) is 125 cm³/mol. The number of benzene rings is 1. The molecule has 0 bridgehead atoms. The number of fused-ring (bicyclic) bond motifs is 1. The minimum Gasteiger partial charge on any atom is -0.490 e. The van der Waals surface area contributed by atoms with Crippen molar-refractivity contribution in [1.82, 2.24) is 25.3 Å². The average molecular weight is 427 g/mol. The maximum absolute atomic E-state index is 6.14. The average Bonchev–Trinajstić information content (AvgIpc) is 3.35. The van der Waals surface area contributed by atoms with Crippen LogP contribution < -0.4 is 15.4 Å². The molecule has 0 fully saturated rings. The Bertz CT molecular complexity index is 1010. The van der Waals surface area contributed by atoms with Crippen molar-refractivity contribution >= 4 is 16.9 Å². The summed E-state index contributed by atoms with van der Waals surface area (Å²) < 4.78 is 13.7. The van der Waals surface area contributed by atoms with Gasteiger partial charge < -0.3 is 24.7 Å². The Morgan fingerprint density at radius 1 is 1.32 bits per heavy atom. The van der Waals surface area contributed by atoms with Crippen LogP contribution in [-0.4, -0.2) is 54.4 Å². The van der Waals surface area contributed by atoms with E-state index in [4.69, 9.17) is 14.1 Å². The molecule has 0 aliphatic carbocycles. The van der Waals surface area contributed by atoms with Crippen molar-refractivity contribution in [2.24, 2.45) is 12.0 Å². The zero-order valence-electron chi connectivity index (χ0n) is 19.3. The van der Waals surface area contributed by atoms with E-state index in [0.29, 0.717) is 13.2 Å². The fourth-order valence-corrected chi connectivity index (χ4v) is 3.49. The number of nitrogens with zero attached hydrogens (tertiary/aromatic N) is 4. The SMILES string of the molecule is CCNC(=NCC(c1cnn(C)c1)N(C)C)NC(C)c1cc2cccc(OCC)c2o1. The van der Waals surface area contributed by atoms with Gasteiger partial charge in [0, 0.05) is 30.7 Å². The van der Waals surface area contributed by atoms with Crippen molar-refractivity contribution in [3.05, 3.63) is 48.0 Å². The summed E-state index contributed by atoms with van der Waals surface area (Å²) in [5.41, 5.74) is 1.92. The molecule has 2 N–H and O–H groups in total. The summed E-state index contributed by atoms with van der Waals surface area (Å²) in [5.74, 6) is 2.35. The van der Waals surface area contributed by atoms with E-state index in [0.717, 1.165) is 40.5 Å². The third-order valence-corrected chi connectivity index (χ3v) is 5.11. The van der Waals surface area contributed by atoms with Gasteiger partial charge in [-0.2, -0.15) is 5.10 Å². The quantitative estimate of drug-likeness (QED) is 0.403. The molecule has 2 aromatic heterocycles. The molecule has 0 radical (unpaired) electrons. The topological polar surface area (TPSA) is 79.9 Å².